The molecule has 1 saturated carbocycles. The molecule has 1 N–H and O–H groups in total. The summed E-state index contributed by atoms with van der Waals surface area (Å²) in [6.45, 7) is 0. The van der Waals surface area contributed by atoms with Crippen LogP contribution in [0.15, 0.2) is 29.2 Å². The molecule has 0 radical (unpaired) electrons. The summed E-state index contributed by atoms with van der Waals surface area (Å²) in [4.78, 5) is -0.487. The zero-order valence-electron chi connectivity index (χ0n) is 10.9. The Balaban J connectivity index is 2.35. The molecular formula is C13H13F3N2O2S. The Kier molecular flexibility index (Phi) is 4.00. The van der Waals surface area contributed by atoms with Crippen molar-refractivity contribution in [2.75, 3.05) is 0 Å². The fourth-order valence-corrected chi connectivity index (χ4v) is 3.79. The molecule has 0 bridgehead atoms. The largest absolute Gasteiger partial charge is 0.416 e. The second-order valence-corrected chi connectivity index (χ2v) is 6.71. The molecule has 0 atom stereocenters. The fraction of sp³-hybridized carbons (Fsp3) is 0.462. The number of sulfonamides is 1. The maximum Gasteiger partial charge on any atom is 0.416 e. The first-order valence-electron chi connectivity index (χ1n) is 6.31. The second kappa shape index (κ2) is 5.31. The van der Waals surface area contributed by atoms with Crippen LogP contribution < -0.4 is 4.72 Å². The average molecular weight is 318 g/mol. The molecule has 4 nitrogen and oxygen atoms in total. The minimum absolute atomic E-state index is 0.363. The van der Waals surface area contributed by atoms with Gasteiger partial charge in [-0.15, -0.1) is 0 Å². The van der Waals surface area contributed by atoms with Gasteiger partial charge in [-0.25, -0.2) is 8.42 Å². The third kappa shape index (κ3) is 3.36. The molecule has 0 amide bonds. The number of rotatable bonds is 3. The van der Waals surface area contributed by atoms with Crippen molar-refractivity contribution in [1.82, 2.24) is 4.72 Å². The van der Waals surface area contributed by atoms with Crippen molar-refractivity contribution in [3.8, 4) is 6.07 Å². The van der Waals surface area contributed by atoms with Crippen LogP contribution in [-0.4, -0.2) is 14.0 Å². The SMILES string of the molecule is N#CC1(NS(=O)(=O)c2cccc(C(F)(F)F)c2)CCCC1. The molecule has 0 aliphatic heterocycles. The highest BCUT2D eigenvalue weighted by molar-refractivity contribution is 7.89. The molecule has 8 heteroatoms. The molecule has 1 aliphatic rings. The van der Waals surface area contributed by atoms with Gasteiger partial charge >= 0.3 is 6.18 Å². The van der Waals surface area contributed by atoms with E-state index < -0.39 is 32.2 Å². The van der Waals surface area contributed by atoms with E-state index in [1.165, 1.54) is 0 Å². The first kappa shape index (κ1) is 15.8. The molecule has 2 rings (SSSR count). The zero-order chi connectivity index (χ0) is 15.7. The molecule has 0 spiro atoms. The highest BCUT2D eigenvalue weighted by atomic mass is 32.2. The topological polar surface area (TPSA) is 70.0 Å². The minimum Gasteiger partial charge on any atom is -0.207 e. The quantitative estimate of drug-likeness (QED) is 0.931. The monoisotopic (exact) mass is 318 g/mol. The van der Waals surface area contributed by atoms with Crippen molar-refractivity contribution >= 4 is 10.0 Å². The highest BCUT2D eigenvalue weighted by Gasteiger charge is 2.39. The van der Waals surface area contributed by atoms with Crippen LogP contribution in [0.4, 0.5) is 13.2 Å². The molecule has 1 aromatic rings. The lowest BCUT2D eigenvalue weighted by Gasteiger charge is -2.22. The lowest BCUT2D eigenvalue weighted by molar-refractivity contribution is -0.137. The average Bonchev–Trinajstić information content (AvgIpc) is 2.86. The Hall–Kier alpha value is -1.59. The predicted molar refractivity (Wildman–Crippen MR) is 68.6 cm³/mol. The van der Waals surface area contributed by atoms with E-state index in [1.54, 1.807) is 0 Å². The number of hydrogen-bond acceptors (Lipinski definition) is 3. The summed E-state index contributed by atoms with van der Waals surface area (Å²) >= 11 is 0. The van der Waals surface area contributed by atoms with Crippen LogP contribution in [-0.2, 0) is 16.2 Å². The molecular weight excluding hydrogens is 305 g/mol. The number of hydrogen-bond donors (Lipinski definition) is 1. The number of nitrogens with one attached hydrogen (secondary N) is 1. The van der Waals surface area contributed by atoms with Gasteiger partial charge in [-0.05, 0) is 31.0 Å². The standard InChI is InChI=1S/C13H13F3N2O2S/c14-13(15,16)10-4-3-5-11(8-10)21(19,20)18-12(9-17)6-1-2-7-12/h3-5,8,18H,1-2,6-7H2. The number of nitriles is 1. The van der Waals surface area contributed by atoms with Crippen LogP contribution in [0.3, 0.4) is 0 Å². The lowest BCUT2D eigenvalue weighted by atomic mass is 10.0. The first-order chi connectivity index (χ1) is 9.69. The summed E-state index contributed by atoms with van der Waals surface area (Å²) in [6, 6.07) is 5.42. The summed E-state index contributed by atoms with van der Waals surface area (Å²) in [5.41, 5.74) is -2.25. The Morgan fingerprint density at radius 2 is 1.86 bits per heavy atom. The van der Waals surface area contributed by atoms with E-state index in [2.05, 4.69) is 4.72 Å². The van der Waals surface area contributed by atoms with E-state index in [9.17, 15) is 21.6 Å². The van der Waals surface area contributed by atoms with Gasteiger partial charge in [-0.2, -0.15) is 23.2 Å². The van der Waals surface area contributed by atoms with Gasteiger partial charge in [-0.1, -0.05) is 18.9 Å². The van der Waals surface area contributed by atoms with Gasteiger partial charge in [0.15, 0.2) is 0 Å². The highest BCUT2D eigenvalue weighted by Crippen LogP contribution is 2.33. The third-order valence-electron chi connectivity index (χ3n) is 3.47. The minimum atomic E-state index is -4.62. The van der Waals surface area contributed by atoms with Gasteiger partial charge in [0.05, 0.1) is 16.5 Å². The van der Waals surface area contributed by atoms with Crippen LogP contribution in [0.2, 0.25) is 0 Å². The Bertz CT molecular complexity index is 671. The van der Waals surface area contributed by atoms with Crippen molar-refractivity contribution in [3.05, 3.63) is 29.8 Å². The number of benzene rings is 1. The lowest BCUT2D eigenvalue weighted by Crippen LogP contribution is -2.44. The second-order valence-electron chi connectivity index (χ2n) is 5.03. The Labute approximate surface area is 120 Å². The van der Waals surface area contributed by atoms with Gasteiger partial charge < -0.3 is 0 Å². The summed E-state index contributed by atoms with van der Waals surface area (Å²) in [5.74, 6) is 0. The van der Waals surface area contributed by atoms with Crippen molar-refractivity contribution in [2.24, 2.45) is 0 Å². The summed E-state index contributed by atoms with van der Waals surface area (Å²) in [5, 5.41) is 9.15. The van der Waals surface area contributed by atoms with Gasteiger partial charge in [0.2, 0.25) is 10.0 Å². The van der Waals surface area contributed by atoms with Crippen LogP contribution in [0.1, 0.15) is 31.2 Å². The molecule has 0 unspecified atom stereocenters. The van der Waals surface area contributed by atoms with Gasteiger partial charge in [0, 0.05) is 0 Å². The van der Waals surface area contributed by atoms with Crippen LogP contribution >= 0.6 is 0 Å². The predicted octanol–water partition coefficient (Wildman–Crippen LogP) is 2.82. The molecule has 0 saturated heterocycles. The van der Waals surface area contributed by atoms with E-state index in [1.807, 2.05) is 6.07 Å². The Morgan fingerprint density at radius 1 is 1.24 bits per heavy atom. The molecule has 1 aliphatic carbocycles. The molecule has 1 fully saturated rings. The first-order valence-corrected chi connectivity index (χ1v) is 7.79. The Morgan fingerprint density at radius 3 is 2.38 bits per heavy atom. The van der Waals surface area contributed by atoms with E-state index in [-0.39, 0.29) is 0 Å². The van der Waals surface area contributed by atoms with Crippen LogP contribution in [0.5, 0.6) is 0 Å². The number of halogens is 3. The third-order valence-corrected chi connectivity index (χ3v) is 5.01. The van der Waals surface area contributed by atoms with E-state index >= 15 is 0 Å². The van der Waals surface area contributed by atoms with Crippen molar-refractivity contribution in [1.29, 1.82) is 5.26 Å². The number of alkyl halides is 3. The van der Waals surface area contributed by atoms with Crippen LogP contribution in [0.25, 0.3) is 0 Å². The number of nitrogens with zero attached hydrogens (tertiary/aromatic N) is 1. The van der Waals surface area contributed by atoms with Gasteiger partial charge in [-0.3, -0.25) is 0 Å². The molecule has 0 heterocycles. The molecule has 114 valence electrons. The van der Waals surface area contributed by atoms with Crippen molar-refractivity contribution < 1.29 is 21.6 Å². The maximum absolute atomic E-state index is 12.6. The smallest absolute Gasteiger partial charge is 0.207 e. The van der Waals surface area contributed by atoms with E-state index in [0.29, 0.717) is 31.7 Å². The van der Waals surface area contributed by atoms with Gasteiger partial charge in [0.1, 0.15) is 5.54 Å². The summed E-state index contributed by atoms with van der Waals surface area (Å²) < 4.78 is 64.6. The molecule has 0 aromatic heterocycles. The van der Waals surface area contributed by atoms with E-state index in [4.69, 9.17) is 5.26 Å². The fourth-order valence-electron chi connectivity index (χ4n) is 2.37. The van der Waals surface area contributed by atoms with Crippen molar-refractivity contribution in [2.45, 2.75) is 42.3 Å². The summed E-state index contributed by atoms with van der Waals surface area (Å²) in [6.07, 6.45) is -2.48. The maximum atomic E-state index is 12.6. The normalized spacial score (nSPS) is 18.4. The van der Waals surface area contributed by atoms with Gasteiger partial charge in [0.25, 0.3) is 0 Å². The van der Waals surface area contributed by atoms with Crippen LogP contribution in [0, 0.1) is 11.3 Å². The molecule has 21 heavy (non-hydrogen) atoms. The summed E-state index contributed by atoms with van der Waals surface area (Å²) in [7, 11) is -4.17. The zero-order valence-corrected chi connectivity index (χ0v) is 11.8. The molecule has 1 aromatic carbocycles. The van der Waals surface area contributed by atoms with Crippen molar-refractivity contribution in [3.63, 3.8) is 0 Å². The van der Waals surface area contributed by atoms with E-state index in [0.717, 1.165) is 18.2 Å².